The van der Waals surface area contributed by atoms with Crippen molar-refractivity contribution in [2.45, 2.75) is 46.6 Å². The first-order valence-electron chi connectivity index (χ1n) is 6.49. The molecule has 0 bridgehead atoms. The summed E-state index contributed by atoms with van der Waals surface area (Å²) in [6.45, 7) is 9.32. The highest BCUT2D eigenvalue weighted by molar-refractivity contribution is 5.38. The number of benzene rings is 1. The van der Waals surface area contributed by atoms with Crippen molar-refractivity contribution in [3.05, 3.63) is 29.3 Å². The molecular formula is C15H25NO. The lowest BCUT2D eigenvalue weighted by atomic mass is 10.1. The summed E-state index contributed by atoms with van der Waals surface area (Å²) in [7, 11) is 0. The third-order valence-electron chi connectivity index (χ3n) is 2.84. The maximum Gasteiger partial charge on any atom is 0.124 e. The van der Waals surface area contributed by atoms with Crippen LogP contribution in [0.15, 0.2) is 18.2 Å². The summed E-state index contributed by atoms with van der Waals surface area (Å²) in [6.07, 6.45) is 2.31. The molecule has 2 nitrogen and oxygen atoms in total. The average Bonchev–Trinajstić information content (AvgIpc) is 2.23. The monoisotopic (exact) mass is 235 g/mol. The predicted molar refractivity (Wildman–Crippen MR) is 73.3 cm³/mol. The summed E-state index contributed by atoms with van der Waals surface area (Å²) < 4.78 is 5.85. The molecule has 0 heterocycles. The smallest absolute Gasteiger partial charge is 0.124 e. The highest BCUT2D eigenvalue weighted by Gasteiger charge is 2.08. The molecule has 96 valence electrons. The van der Waals surface area contributed by atoms with Gasteiger partial charge in [0.15, 0.2) is 0 Å². The molecule has 1 aromatic rings. The van der Waals surface area contributed by atoms with Crippen LogP contribution in [0.2, 0.25) is 0 Å². The van der Waals surface area contributed by atoms with E-state index in [0.29, 0.717) is 0 Å². The maximum atomic E-state index is 5.94. The standard InChI is InChI=1S/C15H25NO/c1-11(2)6-5-9-17-15-10-12(3)7-8-14(15)13(4)16/h7-8,10-11,13H,5-6,9,16H2,1-4H3/t13-/m0/s1. The van der Waals surface area contributed by atoms with E-state index in [0.717, 1.165) is 30.3 Å². The maximum absolute atomic E-state index is 5.94. The Morgan fingerprint density at radius 1 is 1.24 bits per heavy atom. The average molecular weight is 235 g/mol. The van der Waals surface area contributed by atoms with E-state index >= 15 is 0 Å². The van der Waals surface area contributed by atoms with Gasteiger partial charge in [-0.05, 0) is 44.2 Å². The van der Waals surface area contributed by atoms with Crippen molar-refractivity contribution in [3.8, 4) is 5.75 Å². The molecule has 0 amide bonds. The van der Waals surface area contributed by atoms with Gasteiger partial charge < -0.3 is 10.5 Å². The Kier molecular flexibility index (Phi) is 5.49. The Morgan fingerprint density at radius 2 is 1.94 bits per heavy atom. The normalized spacial score (nSPS) is 12.8. The largest absolute Gasteiger partial charge is 0.493 e. The summed E-state index contributed by atoms with van der Waals surface area (Å²) in [5.74, 6) is 1.69. The molecule has 0 unspecified atom stereocenters. The zero-order chi connectivity index (χ0) is 12.8. The van der Waals surface area contributed by atoms with Crippen LogP contribution in [0.5, 0.6) is 5.75 Å². The van der Waals surface area contributed by atoms with Gasteiger partial charge in [-0.1, -0.05) is 26.0 Å². The lowest BCUT2D eigenvalue weighted by Gasteiger charge is -2.15. The number of rotatable bonds is 6. The highest BCUT2D eigenvalue weighted by Crippen LogP contribution is 2.25. The molecule has 0 aliphatic carbocycles. The summed E-state index contributed by atoms with van der Waals surface area (Å²) >= 11 is 0. The van der Waals surface area contributed by atoms with Crippen LogP contribution >= 0.6 is 0 Å². The molecule has 0 fully saturated rings. The Morgan fingerprint density at radius 3 is 2.53 bits per heavy atom. The molecule has 2 N–H and O–H groups in total. The van der Waals surface area contributed by atoms with Crippen LogP contribution in [0.4, 0.5) is 0 Å². The Hall–Kier alpha value is -1.02. The van der Waals surface area contributed by atoms with E-state index in [9.17, 15) is 0 Å². The molecule has 0 aliphatic heterocycles. The molecule has 1 aromatic carbocycles. The van der Waals surface area contributed by atoms with E-state index in [1.165, 1.54) is 12.0 Å². The topological polar surface area (TPSA) is 35.2 Å². The second-order valence-corrected chi connectivity index (χ2v) is 5.21. The molecular weight excluding hydrogens is 210 g/mol. The predicted octanol–water partition coefficient (Wildman–Crippen LogP) is 3.83. The summed E-state index contributed by atoms with van der Waals surface area (Å²) in [5, 5.41) is 0. The van der Waals surface area contributed by atoms with Gasteiger partial charge in [-0.2, -0.15) is 0 Å². The van der Waals surface area contributed by atoms with Gasteiger partial charge in [-0.3, -0.25) is 0 Å². The van der Waals surface area contributed by atoms with Crippen molar-refractivity contribution in [3.63, 3.8) is 0 Å². The van der Waals surface area contributed by atoms with E-state index in [4.69, 9.17) is 10.5 Å². The van der Waals surface area contributed by atoms with Gasteiger partial charge in [-0.25, -0.2) is 0 Å². The van der Waals surface area contributed by atoms with Crippen molar-refractivity contribution < 1.29 is 4.74 Å². The van der Waals surface area contributed by atoms with E-state index in [2.05, 4.69) is 39.0 Å². The fraction of sp³-hybridized carbons (Fsp3) is 0.600. The van der Waals surface area contributed by atoms with Gasteiger partial charge in [0.1, 0.15) is 5.75 Å². The fourth-order valence-electron chi connectivity index (χ4n) is 1.82. The van der Waals surface area contributed by atoms with E-state index in [1.807, 2.05) is 6.92 Å². The second-order valence-electron chi connectivity index (χ2n) is 5.21. The van der Waals surface area contributed by atoms with Crippen molar-refractivity contribution in [2.75, 3.05) is 6.61 Å². The molecule has 0 spiro atoms. The Labute approximate surface area is 105 Å². The number of hydrogen-bond acceptors (Lipinski definition) is 2. The lowest BCUT2D eigenvalue weighted by molar-refractivity contribution is 0.293. The van der Waals surface area contributed by atoms with Crippen LogP contribution in [-0.2, 0) is 0 Å². The van der Waals surface area contributed by atoms with Gasteiger partial charge in [0, 0.05) is 11.6 Å². The molecule has 0 saturated carbocycles. The SMILES string of the molecule is Cc1ccc([C@H](C)N)c(OCCCC(C)C)c1. The van der Waals surface area contributed by atoms with Gasteiger partial charge in [0.25, 0.3) is 0 Å². The fourth-order valence-corrected chi connectivity index (χ4v) is 1.82. The molecule has 0 saturated heterocycles. The van der Waals surface area contributed by atoms with Gasteiger partial charge >= 0.3 is 0 Å². The quantitative estimate of drug-likeness (QED) is 0.760. The molecule has 0 aliphatic rings. The van der Waals surface area contributed by atoms with Crippen LogP contribution in [0.25, 0.3) is 0 Å². The second kappa shape index (κ2) is 6.65. The van der Waals surface area contributed by atoms with Crippen LogP contribution in [0, 0.1) is 12.8 Å². The molecule has 0 aromatic heterocycles. The third kappa shape index (κ3) is 4.78. The van der Waals surface area contributed by atoms with Crippen LogP contribution in [0.1, 0.15) is 50.8 Å². The number of ether oxygens (including phenoxy) is 1. The molecule has 2 heteroatoms. The van der Waals surface area contributed by atoms with Crippen LogP contribution < -0.4 is 10.5 Å². The number of aryl methyl sites for hydroxylation is 1. The van der Waals surface area contributed by atoms with Crippen molar-refractivity contribution in [1.29, 1.82) is 0 Å². The van der Waals surface area contributed by atoms with Gasteiger partial charge in [0.05, 0.1) is 6.61 Å². The first-order valence-corrected chi connectivity index (χ1v) is 6.49. The molecule has 1 rings (SSSR count). The van der Waals surface area contributed by atoms with E-state index in [-0.39, 0.29) is 6.04 Å². The number of hydrogen-bond donors (Lipinski definition) is 1. The lowest BCUT2D eigenvalue weighted by Crippen LogP contribution is -2.09. The molecule has 0 radical (unpaired) electrons. The molecule has 1 atom stereocenters. The summed E-state index contributed by atoms with van der Waals surface area (Å²) in [5.41, 5.74) is 8.25. The summed E-state index contributed by atoms with van der Waals surface area (Å²) in [6, 6.07) is 6.25. The third-order valence-corrected chi connectivity index (χ3v) is 2.84. The van der Waals surface area contributed by atoms with E-state index in [1.54, 1.807) is 0 Å². The molecule has 17 heavy (non-hydrogen) atoms. The van der Waals surface area contributed by atoms with Crippen molar-refractivity contribution in [1.82, 2.24) is 0 Å². The van der Waals surface area contributed by atoms with E-state index < -0.39 is 0 Å². The Bertz CT molecular complexity index is 345. The zero-order valence-electron chi connectivity index (χ0n) is 11.5. The van der Waals surface area contributed by atoms with Crippen LogP contribution in [0.3, 0.4) is 0 Å². The summed E-state index contributed by atoms with van der Waals surface area (Å²) in [4.78, 5) is 0. The van der Waals surface area contributed by atoms with Gasteiger partial charge in [0.2, 0.25) is 0 Å². The van der Waals surface area contributed by atoms with Crippen molar-refractivity contribution >= 4 is 0 Å². The van der Waals surface area contributed by atoms with Crippen LogP contribution in [-0.4, -0.2) is 6.61 Å². The minimum Gasteiger partial charge on any atom is -0.493 e. The van der Waals surface area contributed by atoms with Gasteiger partial charge in [-0.15, -0.1) is 0 Å². The van der Waals surface area contributed by atoms with Crippen molar-refractivity contribution in [2.24, 2.45) is 11.7 Å². The number of nitrogens with two attached hydrogens (primary N) is 1. The minimum atomic E-state index is 0.0238. The first-order chi connectivity index (χ1) is 8.00. The zero-order valence-corrected chi connectivity index (χ0v) is 11.5. The first kappa shape index (κ1) is 14.0. The minimum absolute atomic E-state index is 0.0238. The highest BCUT2D eigenvalue weighted by atomic mass is 16.5. The Balaban J connectivity index is 2.59.